The van der Waals surface area contributed by atoms with Crippen LogP contribution in [0.25, 0.3) is 11.3 Å². The molecule has 2 aromatic rings. The average molecular weight is 282 g/mol. The van der Waals surface area contributed by atoms with Gasteiger partial charge >= 0.3 is 0 Å². The number of benzene rings is 1. The van der Waals surface area contributed by atoms with Crippen LogP contribution in [0.15, 0.2) is 24.3 Å². The minimum absolute atomic E-state index is 0.0259. The first-order valence-corrected chi connectivity index (χ1v) is 6.84. The Morgan fingerprint density at radius 2 is 2.05 bits per heavy atom. The molecule has 0 atom stereocenters. The smallest absolute Gasteiger partial charge is 0.156 e. The molecule has 0 aliphatic carbocycles. The average Bonchev–Trinajstić information content (AvgIpc) is 2.76. The first-order chi connectivity index (χ1) is 10.1. The summed E-state index contributed by atoms with van der Waals surface area (Å²) >= 11 is 0. The standard InChI is InChI=1S/C16H18N4O/c1-11(2)9-12-3-5-13(6-4-12)15-14(10-21)16(18)20(19-15)8-7-17/h3-6,10-11H,8-9,18H2,1-2H3. The van der Waals surface area contributed by atoms with E-state index in [1.54, 1.807) is 0 Å². The quantitative estimate of drug-likeness (QED) is 0.854. The highest BCUT2D eigenvalue weighted by molar-refractivity contribution is 5.91. The van der Waals surface area contributed by atoms with E-state index in [0.29, 0.717) is 23.5 Å². The van der Waals surface area contributed by atoms with E-state index in [0.717, 1.165) is 12.0 Å². The molecule has 2 rings (SSSR count). The number of anilines is 1. The summed E-state index contributed by atoms with van der Waals surface area (Å²) in [5.41, 5.74) is 8.78. The largest absolute Gasteiger partial charge is 0.383 e. The van der Waals surface area contributed by atoms with Gasteiger partial charge in [-0.1, -0.05) is 38.1 Å². The summed E-state index contributed by atoms with van der Waals surface area (Å²) in [6.45, 7) is 4.36. The van der Waals surface area contributed by atoms with Crippen LogP contribution in [0.4, 0.5) is 5.82 Å². The summed E-state index contributed by atoms with van der Waals surface area (Å²) in [7, 11) is 0. The number of hydrogen-bond donors (Lipinski definition) is 1. The van der Waals surface area contributed by atoms with Crippen LogP contribution >= 0.6 is 0 Å². The number of nitrogens with zero attached hydrogens (tertiary/aromatic N) is 3. The molecule has 0 radical (unpaired) electrons. The lowest BCUT2D eigenvalue weighted by molar-refractivity contribution is 0.112. The molecule has 1 aromatic carbocycles. The molecule has 108 valence electrons. The van der Waals surface area contributed by atoms with Gasteiger partial charge in [0.15, 0.2) is 6.29 Å². The van der Waals surface area contributed by atoms with Crippen LogP contribution < -0.4 is 5.73 Å². The zero-order valence-electron chi connectivity index (χ0n) is 12.2. The van der Waals surface area contributed by atoms with E-state index in [1.165, 1.54) is 10.2 Å². The Balaban J connectivity index is 2.39. The van der Waals surface area contributed by atoms with Gasteiger partial charge in [-0.25, -0.2) is 4.68 Å². The highest BCUT2D eigenvalue weighted by atomic mass is 16.1. The molecule has 5 nitrogen and oxygen atoms in total. The van der Waals surface area contributed by atoms with E-state index in [9.17, 15) is 4.79 Å². The SMILES string of the molecule is CC(C)Cc1ccc(-c2nn(CC#N)c(N)c2C=O)cc1. The Hall–Kier alpha value is -2.61. The molecule has 0 bridgehead atoms. The number of hydrogen-bond acceptors (Lipinski definition) is 4. The van der Waals surface area contributed by atoms with E-state index < -0.39 is 0 Å². The molecule has 0 aliphatic rings. The molecule has 0 spiro atoms. The molecule has 0 saturated heterocycles. The van der Waals surface area contributed by atoms with Crippen LogP contribution in [-0.4, -0.2) is 16.1 Å². The summed E-state index contributed by atoms with van der Waals surface area (Å²) in [5.74, 6) is 0.819. The topological polar surface area (TPSA) is 84.7 Å². The molecule has 0 unspecified atom stereocenters. The van der Waals surface area contributed by atoms with Crippen molar-refractivity contribution in [2.75, 3.05) is 5.73 Å². The Morgan fingerprint density at radius 1 is 1.38 bits per heavy atom. The van der Waals surface area contributed by atoms with Crippen LogP contribution in [0.2, 0.25) is 0 Å². The molecule has 2 N–H and O–H groups in total. The van der Waals surface area contributed by atoms with Gasteiger partial charge in [0.1, 0.15) is 18.1 Å². The predicted molar refractivity (Wildman–Crippen MR) is 81.6 cm³/mol. The Bertz CT molecular complexity index is 678. The molecule has 1 heterocycles. The highest BCUT2D eigenvalue weighted by Crippen LogP contribution is 2.26. The third-order valence-corrected chi connectivity index (χ3v) is 3.24. The number of aldehydes is 1. The van der Waals surface area contributed by atoms with E-state index >= 15 is 0 Å². The lowest BCUT2D eigenvalue weighted by Gasteiger charge is -2.05. The summed E-state index contributed by atoms with van der Waals surface area (Å²) in [5, 5.41) is 13.0. The van der Waals surface area contributed by atoms with Crippen molar-refractivity contribution in [3.05, 3.63) is 35.4 Å². The van der Waals surface area contributed by atoms with Crippen molar-refractivity contribution in [1.29, 1.82) is 5.26 Å². The van der Waals surface area contributed by atoms with Crippen LogP contribution in [0, 0.1) is 17.2 Å². The summed E-state index contributed by atoms with van der Waals surface area (Å²) in [6.07, 6.45) is 1.69. The Morgan fingerprint density at radius 3 is 2.57 bits per heavy atom. The van der Waals surface area contributed by atoms with Crippen molar-refractivity contribution in [3.8, 4) is 17.3 Å². The second-order valence-electron chi connectivity index (χ2n) is 5.38. The van der Waals surface area contributed by atoms with Crippen molar-refractivity contribution in [2.45, 2.75) is 26.8 Å². The monoisotopic (exact) mass is 282 g/mol. The van der Waals surface area contributed by atoms with Gasteiger partial charge in [0.05, 0.1) is 11.6 Å². The lowest BCUT2D eigenvalue weighted by atomic mass is 10.00. The van der Waals surface area contributed by atoms with Crippen LogP contribution in [0.1, 0.15) is 29.8 Å². The number of nitrogens with two attached hydrogens (primary N) is 1. The fourth-order valence-electron chi connectivity index (χ4n) is 2.28. The summed E-state index contributed by atoms with van der Waals surface area (Å²) < 4.78 is 1.35. The molecule has 1 aromatic heterocycles. The van der Waals surface area contributed by atoms with Crippen molar-refractivity contribution >= 4 is 12.1 Å². The first kappa shape index (κ1) is 14.8. The third-order valence-electron chi connectivity index (χ3n) is 3.24. The number of carbonyl (C=O) groups excluding carboxylic acids is 1. The highest BCUT2D eigenvalue weighted by Gasteiger charge is 2.16. The fourth-order valence-corrected chi connectivity index (χ4v) is 2.28. The maximum Gasteiger partial charge on any atom is 0.156 e. The van der Waals surface area contributed by atoms with E-state index in [4.69, 9.17) is 11.0 Å². The molecule has 21 heavy (non-hydrogen) atoms. The van der Waals surface area contributed by atoms with Crippen LogP contribution in [0.3, 0.4) is 0 Å². The first-order valence-electron chi connectivity index (χ1n) is 6.84. The third kappa shape index (κ3) is 3.11. The molecule has 5 heteroatoms. The molecule has 0 saturated carbocycles. The van der Waals surface area contributed by atoms with Crippen molar-refractivity contribution in [1.82, 2.24) is 9.78 Å². The lowest BCUT2D eigenvalue weighted by Crippen LogP contribution is -2.03. The maximum atomic E-state index is 11.2. The molecule has 0 aliphatic heterocycles. The normalized spacial score (nSPS) is 10.6. The molecule has 0 amide bonds. The van der Waals surface area contributed by atoms with Gasteiger partial charge in [0, 0.05) is 5.56 Å². The molecular weight excluding hydrogens is 264 g/mol. The van der Waals surface area contributed by atoms with Gasteiger partial charge in [-0.3, -0.25) is 4.79 Å². The van der Waals surface area contributed by atoms with E-state index in [-0.39, 0.29) is 12.4 Å². The molecular formula is C16H18N4O. The van der Waals surface area contributed by atoms with Gasteiger partial charge in [0.25, 0.3) is 0 Å². The number of nitriles is 1. The molecule has 0 fully saturated rings. The Kier molecular flexibility index (Phi) is 4.39. The van der Waals surface area contributed by atoms with Crippen LogP contribution in [-0.2, 0) is 13.0 Å². The minimum atomic E-state index is 0.0259. The van der Waals surface area contributed by atoms with Crippen molar-refractivity contribution < 1.29 is 4.79 Å². The number of nitrogen functional groups attached to an aromatic ring is 1. The van der Waals surface area contributed by atoms with Gasteiger partial charge < -0.3 is 5.73 Å². The predicted octanol–water partition coefficient (Wildman–Crippen LogP) is 2.67. The number of rotatable bonds is 5. The second kappa shape index (κ2) is 6.23. The second-order valence-corrected chi connectivity index (χ2v) is 5.38. The summed E-state index contributed by atoms with van der Waals surface area (Å²) in [4.78, 5) is 11.2. The summed E-state index contributed by atoms with van der Waals surface area (Å²) in [6, 6.07) is 9.91. The van der Waals surface area contributed by atoms with Crippen LogP contribution in [0.5, 0.6) is 0 Å². The van der Waals surface area contributed by atoms with Gasteiger partial charge in [0.2, 0.25) is 0 Å². The Labute approximate surface area is 124 Å². The van der Waals surface area contributed by atoms with Gasteiger partial charge in [-0.15, -0.1) is 0 Å². The van der Waals surface area contributed by atoms with E-state index in [2.05, 4.69) is 18.9 Å². The number of aromatic nitrogens is 2. The van der Waals surface area contributed by atoms with Gasteiger partial charge in [-0.05, 0) is 17.9 Å². The fraction of sp³-hybridized carbons (Fsp3) is 0.312. The van der Waals surface area contributed by atoms with Crippen molar-refractivity contribution in [2.24, 2.45) is 5.92 Å². The van der Waals surface area contributed by atoms with E-state index in [1.807, 2.05) is 30.3 Å². The maximum absolute atomic E-state index is 11.2. The van der Waals surface area contributed by atoms with Crippen molar-refractivity contribution in [3.63, 3.8) is 0 Å². The zero-order valence-corrected chi connectivity index (χ0v) is 12.2. The minimum Gasteiger partial charge on any atom is -0.383 e. The zero-order chi connectivity index (χ0) is 15.4. The van der Waals surface area contributed by atoms with Gasteiger partial charge in [-0.2, -0.15) is 10.4 Å². The number of carbonyl (C=O) groups is 1.